The van der Waals surface area contributed by atoms with E-state index in [9.17, 15) is 9.18 Å². The van der Waals surface area contributed by atoms with Crippen molar-refractivity contribution in [3.8, 4) is 0 Å². The van der Waals surface area contributed by atoms with Crippen molar-refractivity contribution in [1.82, 2.24) is 19.6 Å². The van der Waals surface area contributed by atoms with E-state index in [1.165, 1.54) is 6.07 Å². The second-order valence-electron chi connectivity index (χ2n) is 7.27. The average molecular weight is 401 g/mol. The smallest absolute Gasteiger partial charge is 0.317 e. The predicted molar refractivity (Wildman–Crippen MR) is 107 cm³/mol. The lowest BCUT2D eigenvalue weighted by molar-refractivity contribution is 0.170. The number of hydrogen-bond donors (Lipinski definition) is 1. The van der Waals surface area contributed by atoms with Gasteiger partial charge in [0.25, 0.3) is 0 Å². The van der Waals surface area contributed by atoms with Crippen molar-refractivity contribution in [1.29, 1.82) is 0 Å². The fourth-order valence-corrected chi connectivity index (χ4v) is 3.89. The zero-order chi connectivity index (χ0) is 19.5. The summed E-state index contributed by atoms with van der Waals surface area (Å²) in [6.07, 6.45) is 6.37. The van der Waals surface area contributed by atoms with Gasteiger partial charge in [-0.15, -0.1) is 0 Å². The summed E-state index contributed by atoms with van der Waals surface area (Å²) in [7, 11) is 0. The number of imidazole rings is 1. The number of fused-ring (bicyclic) bond motifs is 1. The van der Waals surface area contributed by atoms with Crippen LogP contribution in [0.25, 0.3) is 5.65 Å². The number of benzene rings is 1. The number of likely N-dealkylation sites (tertiary alicyclic amines) is 1. The largest absolute Gasteiger partial charge is 0.332 e. The first-order valence-corrected chi connectivity index (χ1v) is 9.85. The molecular weight excluding hydrogens is 379 g/mol. The number of rotatable bonds is 4. The molecule has 2 aromatic heterocycles. The molecule has 3 heterocycles. The highest BCUT2D eigenvalue weighted by Gasteiger charge is 2.23. The molecule has 5 nitrogen and oxygen atoms in total. The van der Waals surface area contributed by atoms with E-state index in [1.54, 1.807) is 24.4 Å². The maximum atomic E-state index is 13.3. The Hall–Kier alpha value is -2.60. The second-order valence-corrected chi connectivity index (χ2v) is 7.70. The molecule has 1 aromatic carbocycles. The van der Waals surface area contributed by atoms with Gasteiger partial charge in [-0.25, -0.2) is 14.2 Å². The number of nitrogens with zero attached hydrogens (tertiary/aromatic N) is 3. The fourth-order valence-electron chi connectivity index (χ4n) is 3.72. The van der Waals surface area contributed by atoms with Gasteiger partial charge in [-0.05, 0) is 55.0 Å². The van der Waals surface area contributed by atoms with Crippen molar-refractivity contribution in [3.63, 3.8) is 0 Å². The van der Waals surface area contributed by atoms with Gasteiger partial charge in [-0.2, -0.15) is 0 Å². The summed E-state index contributed by atoms with van der Waals surface area (Å²) in [5.74, 6) is 0.289. The third-order valence-electron chi connectivity index (χ3n) is 5.20. The van der Waals surface area contributed by atoms with Crippen molar-refractivity contribution in [2.24, 2.45) is 5.92 Å². The third-order valence-corrected chi connectivity index (χ3v) is 5.42. The maximum absolute atomic E-state index is 13.3. The van der Waals surface area contributed by atoms with Crippen LogP contribution in [0.1, 0.15) is 24.1 Å². The van der Waals surface area contributed by atoms with Crippen LogP contribution in [-0.4, -0.2) is 33.4 Å². The van der Waals surface area contributed by atoms with Gasteiger partial charge in [0.15, 0.2) is 0 Å². The molecule has 0 unspecified atom stereocenters. The summed E-state index contributed by atoms with van der Waals surface area (Å²) in [6, 6.07) is 10.3. The molecule has 0 saturated carbocycles. The lowest BCUT2D eigenvalue weighted by Gasteiger charge is -2.32. The minimum absolute atomic E-state index is 0.0701. The van der Waals surface area contributed by atoms with E-state index >= 15 is 0 Å². The van der Waals surface area contributed by atoms with Crippen LogP contribution in [0.5, 0.6) is 0 Å². The first-order chi connectivity index (χ1) is 13.6. The number of nitrogens with one attached hydrogen (secondary N) is 1. The molecule has 0 spiro atoms. The third kappa shape index (κ3) is 4.44. The average Bonchev–Trinajstić information content (AvgIpc) is 3.09. The molecule has 1 fully saturated rings. The van der Waals surface area contributed by atoms with Crippen LogP contribution in [0.3, 0.4) is 0 Å². The van der Waals surface area contributed by atoms with Crippen LogP contribution in [0.2, 0.25) is 5.02 Å². The van der Waals surface area contributed by atoms with Crippen molar-refractivity contribution in [2.45, 2.75) is 25.8 Å². The summed E-state index contributed by atoms with van der Waals surface area (Å²) >= 11 is 5.98. The van der Waals surface area contributed by atoms with Gasteiger partial charge in [0.05, 0.1) is 17.3 Å². The van der Waals surface area contributed by atoms with Crippen molar-refractivity contribution in [2.75, 3.05) is 13.1 Å². The highest BCUT2D eigenvalue weighted by Crippen LogP contribution is 2.22. The summed E-state index contributed by atoms with van der Waals surface area (Å²) in [5, 5.41) is 3.59. The van der Waals surface area contributed by atoms with Gasteiger partial charge in [-0.1, -0.05) is 23.7 Å². The number of urea groups is 1. The van der Waals surface area contributed by atoms with Gasteiger partial charge in [0, 0.05) is 25.5 Å². The minimum atomic E-state index is -0.191. The number of halogens is 2. The number of hydrogen-bond acceptors (Lipinski definition) is 2. The SMILES string of the molecule is O=C(NCc1cn2cc(Cl)ccc2n1)N1CCC(Cc2cccc(F)c2)CC1. The Morgan fingerprint density at radius 3 is 2.82 bits per heavy atom. The van der Waals surface area contributed by atoms with E-state index in [2.05, 4.69) is 10.3 Å². The van der Waals surface area contributed by atoms with Crippen LogP contribution in [0.15, 0.2) is 48.8 Å². The number of piperidine rings is 1. The molecule has 7 heteroatoms. The van der Waals surface area contributed by atoms with E-state index < -0.39 is 0 Å². The number of amides is 2. The number of pyridine rings is 1. The van der Waals surface area contributed by atoms with Crippen molar-refractivity contribution < 1.29 is 9.18 Å². The highest BCUT2D eigenvalue weighted by molar-refractivity contribution is 6.30. The number of carbonyl (C=O) groups excluding carboxylic acids is 1. The van der Waals surface area contributed by atoms with E-state index in [-0.39, 0.29) is 11.8 Å². The van der Waals surface area contributed by atoms with E-state index in [0.29, 0.717) is 30.6 Å². The molecule has 1 aliphatic heterocycles. The Balaban J connectivity index is 1.26. The van der Waals surface area contributed by atoms with E-state index in [4.69, 9.17) is 11.6 Å². The van der Waals surface area contributed by atoms with Crippen LogP contribution in [-0.2, 0) is 13.0 Å². The molecule has 0 radical (unpaired) electrons. The lowest BCUT2D eigenvalue weighted by Crippen LogP contribution is -2.44. The van der Waals surface area contributed by atoms with Crippen molar-refractivity contribution >= 4 is 23.3 Å². The molecule has 3 aromatic rings. The molecule has 0 bridgehead atoms. The summed E-state index contributed by atoms with van der Waals surface area (Å²) in [4.78, 5) is 18.8. The molecule has 0 atom stereocenters. The lowest BCUT2D eigenvalue weighted by atomic mass is 9.90. The second kappa shape index (κ2) is 8.19. The highest BCUT2D eigenvalue weighted by atomic mass is 35.5. The Kier molecular flexibility index (Phi) is 5.48. The maximum Gasteiger partial charge on any atom is 0.317 e. The monoisotopic (exact) mass is 400 g/mol. The number of aromatic nitrogens is 2. The Morgan fingerprint density at radius 1 is 1.21 bits per heavy atom. The van der Waals surface area contributed by atoms with Crippen LogP contribution >= 0.6 is 11.6 Å². The Labute approximate surface area is 168 Å². The van der Waals surface area contributed by atoms with Crippen LogP contribution in [0.4, 0.5) is 9.18 Å². The molecule has 28 heavy (non-hydrogen) atoms. The molecule has 0 aliphatic carbocycles. The predicted octanol–water partition coefficient (Wildman–Crippen LogP) is 4.29. The topological polar surface area (TPSA) is 49.6 Å². The molecule has 1 saturated heterocycles. The van der Waals surface area contributed by atoms with E-state index in [1.807, 2.05) is 27.6 Å². The van der Waals surface area contributed by atoms with Gasteiger partial charge in [0.1, 0.15) is 11.5 Å². The van der Waals surface area contributed by atoms with Crippen LogP contribution in [0, 0.1) is 11.7 Å². The van der Waals surface area contributed by atoms with Gasteiger partial charge < -0.3 is 14.6 Å². The fraction of sp³-hybridized carbons (Fsp3) is 0.333. The quantitative estimate of drug-likeness (QED) is 0.710. The Bertz CT molecular complexity index is 981. The molecule has 146 valence electrons. The zero-order valence-electron chi connectivity index (χ0n) is 15.4. The van der Waals surface area contributed by atoms with E-state index in [0.717, 1.165) is 36.2 Å². The van der Waals surface area contributed by atoms with Gasteiger partial charge in [0.2, 0.25) is 0 Å². The van der Waals surface area contributed by atoms with Crippen molar-refractivity contribution in [3.05, 3.63) is 70.9 Å². The first-order valence-electron chi connectivity index (χ1n) is 9.47. The first kappa shape index (κ1) is 18.7. The summed E-state index contributed by atoms with van der Waals surface area (Å²) in [6.45, 7) is 1.81. The minimum Gasteiger partial charge on any atom is -0.332 e. The molecule has 1 N–H and O–H groups in total. The number of carbonyl (C=O) groups is 1. The molecule has 4 rings (SSSR count). The van der Waals surface area contributed by atoms with Gasteiger partial charge in [-0.3, -0.25) is 0 Å². The summed E-state index contributed by atoms with van der Waals surface area (Å²) in [5.41, 5.74) is 2.61. The normalized spacial score (nSPS) is 15.1. The van der Waals surface area contributed by atoms with Gasteiger partial charge >= 0.3 is 6.03 Å². The molecule has 2 amide bonds. The molecule has 1 aliphatic rings. The zero-order valence-corrected chi connectivity index (χ0v) is 16.2. The van der Waals surface area contributed by atoms with Crippen LogP contribution < -0.4 is 5.32 Å². The molecular formula is C21H22ClFN4O. The summed E-state index contributed by atoms with van der Waals surface area (Å²) < 4.78 is 15.2. The standard InChI is InChI=1S/C21H22ClFN4O/c22-17-4-5-20-25-19(14-27(20)13-17)12-24-21(28)26-8-6-15(7-9-26)10-16-2-1-3-18(23)11-16/h1-5,11,13-15H,6-10,12H2,(H,24,28). The Morgan fingerprint density at radius 2 is 2.04 bits per heavy atom.